The molecule has 3 heteroatoms. The summed E-state index contributed by atoms with van der Waals surface area (Å²) in [5.41, 5.74) is 1.82. The first-order chi connectivity index (χ1) is 8.84. The van der Waals surface area contributed by atoms with Gasteiger partial charge >= 0.3 is 0 Å². The molecule has 0 amide bonds. The fourth-order valence-electron chi connectivity index (χ4n) is 2.59. The van der Waals surface area contributed by atoms with Crippen LogP contribution in [0, 0.1) is 11.3 Å². The smallest absolute Gasteiger partial charge is 0.114 e. The number of hydrogen-bond acceptors (Lipinski definition) is 3. The third-order valence-electron chi connectivity index (χ3n) is 3.65. The molecule has 0 unspecified atom stereocenters. The number of nitriles is 1. The lowest BCUT2D eigenvalue weighted by Gasteiger charge is -2.16. The zero-order valence-corrected chi connectivity index (χ0v) is 10.9. The average molecular weight is 254 g/mol. The van der Waals surface area contributed by atoms with Gasteiger partial charge in [0, 0.05) is 10.9 Å². The second kappa shape index (κ2) is 4.55. The van der Waals surface area contributed by atoms with E-state index in [1.807, 2.05) is 18.2 Å². The molecule has 18 heavy (non-hydrogen) atoms. The van der Waals surface area contributed by atoms with Crippen molar-refractivity contribution in [2.45, 2.75) is 31.1 Å². The van der Waals surface area contributed by atoms with Crippen molar-refractivity contribution in [3.05, 3.63) is 40.7 Å². The SMILES string of the molecule is N#CC1(c2nc(-c3ccccc3)cs2)CCCC1. The lowest BCUT2D eigenvalue weighted by atomic mass is 9.89. The van der Waals surface area contributed by atoms with Crippen LogP contribution in [-0.2, 0) is 5.41 Å². The van der Waals surface area contributed by atoms with Gasteiger partial charge in [-0.2, -0.15) is 5.26 Å². The van der Waals surface area contributed by atoms with E-state index in [1.165, 1.54) is 0 Å². The molecular formula is C15H14N2S. The molecule has 1 fully saturated rings. The van der Waals surface area contributed by atoms with Gasteiger partial charge in [-0.3, -0.25) is 0 Å². The molecule has 2 aromatic rings. The molecule has 1 heterocycles. The molecule has 0 radical (unpaired) electrons. The van der Waals surface area contributed by atoms with Crippen LogP contribution < -0.4 is 0 Å². The van der Waals surface area contributed by atoms with Crippen LogP contribution in [0.4, 0.5) is 0 Å². The Kier molecular flexibility index (Phi) is 2.89. The van der Waals surface area contributed by atoms with E-state index in [-0.39, 0.29) is 5.41 Å². The van der Waals surface area contributed by atoms with Crippen LogP contribution in [0.2, 0.25) is 0 Å². The predicted octanol–water partition coefficient (Wildman–Crippen LogP) is 4.15. The van der Waals surface area contributed by atoms with Crippen molar-refractivity contribution in [1.82, 2.24) is 4.98 Å². The molecular weight excluding hydrogens is 240 g/mol. The Bertz CT molecular complexity index is 574. The monoisotopic (exact) mass is 254 g/mol. The second-order valence-corrected chi connectivity index (χ2v) is 5.66. The Labute approximate surface area is 111 Å². The summed E-state index contributed by atoms with van der Waals surface area (Å²) in [7, 11) is 0. The third-order valence-corrected chi connectivity index (χ3v) is 4.70. The maximum absolute atomic E-state index is 9.47. The number of rotatable bonds is 2. The van der Waals surface area contributed by atoms with Crippen LogP contribution in [0.1, 0.15) is 30.7 Å². The van der Waals surface area contributed by atoms with Gasteiger partial charge < -0.3 is 0 Å². The highest BCUT2D eigenvalue weighted by atomic mass is 32.1. The Morgan fingerprint density at radius 2 is 1.89 bits per heavy atom. The zero-order valence-electron chi connectivity index (χ0n) is 10.1. The molecule has 0 aliphatic heterocycles. The minimum Gasteiger partial charge on any atom is -0.240 e. The van der Waals surface area contributed by atoms with Crippen LogP contribution in [0.15, 0.2) is 35.7 Å². The highest BCUT2D eigenvalue weighted by molar-refractivity contribution is 7.10. The molecule has 1 saturated carbocycles. The van der Waals surface area contributed by atoms with E-state index in [9.17, 15) is 5.26 Å². The van der Waals surface area contributed by atoms with Crippen LogP contribution in [0.25, 0.3) is 11.3 Å². The van der Waals surface area contributed by atoms with E-state index in [2.05, 4.69) is 23.6 Å². The Morgan fingerprint density at radius 1 is 1.17 bits per heavy atom. The fourth-order valence-corrected chi connectivity index (χ4v) is 3.63. The first-order valence-corrected chi connectivity index (χ1v) is 7.15. The maximum Gasteiger partial charge on any atom is 0.114 e. The van der Waals surface area contributed by atoms with E-state index >= 15 is 0 Å². The molecule has 1 aromatic carbocycles. The van der Waals surface area contributed by atoms with Gasteiger partial charge in [0.15, 0.2) is 0 Å². The summed E-state index contributed by atoms with van der Waals surface area (Å²) in [5.74, 6) is 0. The van der Waals surface area contributed by atoms with Gasteiger partial charge in [-0.05, 0) is 12.8 Å². The molecule has 0 saturated heterocycles. The normalized spacial score (nSPS) is 17.5. The van der Waals surface area contributed by atoms with Crippen molar-refractivity contribution < 1.29 is 0 Å². The number of nitrogens with zero attached hydrogens (tertiary/aromatic N) is 2. The van der Waals surface area contributed by atoms with Gasteiger partial charge in [-0.25, -0.2) is 4.98 Å². The molecule has 0 atom stereocenters. The first-order valence-electron chi connectivity index (χ1n) is 6.27. The molecule has 3 rings (SSSR count). The van der Waals surface area contributed by atoms with Gasteiger partial charge in [-0.1, -0.05) is 43.2 Å². The highest BCUT2D eigenvalue weighted by Gasteiger charge is 2.38. The van der Waals surface area contributed by atoms with Crippen molar-refractivity contribution in [3.63, 3.8) is 0 Å². The Hall–Kier alpha value is -1.66. The first kappa shape index (κ1) is 11.4. The maximum atomic E-state index is 9.47. The lowest BCUT2D eigenvalue weighted by Crippen LogP contribution is -2.18. The minimum absolute atomic E-state index is 0.308. The average Bonchev–Trinajstić information content (AvgIpc) is 3.09. The topological polar surface area (TPSA) is 36.7 Å². The quantitative estimate of drug-likeness (QED) is 0.807. The van der Waals surface area contributed by atoms with Gasteiger partial charge in [-0.15, -0.1) is 11.3 Å². The van der Waals surface area contributed by atoms with Gasteiger partial charge in [0.05, 0.1) is 11.8 Å². The van der Waals surface area contributed by atoms with Crippen molar-refractivity contribution >= 4 is 11.3 Å². The Balaban J connectivity index is 1.97. The van der Waals surface area contributed by atoms with Crippen molar-refractivity contribution in [2.24, 2.45) is 0 Å². The molecule has 0 bridgehead atoms. The van der Waals surface area contributed by atoms with Gasteiger partial charge in [0.2, 0.25) is 0 Å². The summed E-state index contributed by atoms with van der Waals surface area (Å²) in [6, 6.07) is 12.7. The summed E-state index contributed by atoms with van der Waals surface area (Å²) in [6.45, 7) is 0. The van der Waals surface area contributed by atoms with Crippen LogP contribution in [0.3, 0.4) is 0 Å². The molecule has 1 aliphatic rings. The van der Waals surface area contributed by atoms with Crippen molar-refractivity contribution in [2.75, 3.05) is 0 Å². The van der Waals surface area contributed by atoms with E-state index in [4.69, 9.17) is 4.98 Å². The molecule has 1 aliphatic carbocycles. The van der Waals surface area contributed by atoms with E-state index in [0.717, 1.165) is 41.9 Å². The standard InChI is InChI=1S/C15H14N2S/c16-11-15(8-4-5-9-15)14-17-13(10-18-14)12-6-2-1-3-7-12/h1-3,6-7,10H,4-5,8-9H2. The summed E-state index contributed by atoms with van der Waals surface area (Å²) in [4.78, 5) is 4.70. The molecule has 1 aromatic heterocycles. The number of thiazole rings is 1. The van der Waals surface area contributed by atoms with Crippen molar-refractivity contribution in [1.29, 1.82) is 5.26 Å². The number of benzene rings is 1. The minimum atomic E-state index is -0.308. The third kappa shape index (κ3) is 1.83. The van der Waals surface area contributed by atoms with E-state index in [0.29, 0.717) is 0 Å². The Morgan fingerprint density at radius 3 is 2.56 bits per heavy atom. The van der Waals surface area contributed by atoms with Gasteiger partial charge in [0.25, 0.3) is 0 Å². The molecule has 2 nitrogen and oxygen atoms in total. The fraction of sp³-hybridized carbons (Fsp3) is 0.333. The lowest BCUT2D eigenvalue weighted by molar-refractivity contribution is 0.569. The number of hydrogen-bond donors (Lipinski definition) is 0. The molecule has 0 spiro atoms. The zero-order chi connectivity index (χ0) is 12.4. The van der Waals surface area contributed by atoms with Gasteiger partial charge in [0.1, 0.15) is 10.4 Å². The van der Waals surface area contributed by atoms with Crippen LogP contribution in [0.5, 0.6) is 0 Å². The number of aromatic nitrogens is 1. The van der Waals surface area contributed by atoms with Crippen LogP contribution in [-0.4, -0.2) is 4.98 Å². The summed E-state index contributed by atoms with van der Waals surface area (Å²) < 4.78 is 0. The second-order valence-electron chi connectivity index (χ2n) is 4.80. The largest absolute Gasteiger partial charge is 0.240 e. The van der Waals surface area contributed by atoms with Crippen molar-refractivity contribution in [3.8, 4) is 17.3 Å². The summed E-state index contributed by atoms with van der Waals surface area (Å²) in [6.07, 6.45) is 4.22. The summed E-state index contributed by atoms with van der Waals surface area (Å²) >= 11 is 1.63. The highest BCUT2D eigenvalue weighted by Crippen LogP contribution is 2.42. The summed E-state index contributed by atoms with van der Waals surface area (Å²) in [5, 5.41) is 12.5. The van der Waals surface area contributed by atoms with E-state index in [1.54, 1.807) is 11.3 Å². The molecule has 90 valence electrons. The molecule has 0 N–H and O–H groups in total. The predicted molar refractivity (Wildman–Crippen MR) is 73.3 cm³/mol. The van der Waals surface area contributed by atoms with E-state index < -0.39 is 0 Å². The van der Waals surface area contributed by atoms with Crippen LogP contribution >= 0.6 is 11.3 Å².